The number of aromatic nitrogens is 1. The number of halogens is 1. The standard InChI is InChI=1S/C15H15ClN2OS/c16-13-4-2-1-3-12(13)15(19)18(11-5-6-11)9-7-14-17-8-10-20-14/h1-4,8,10-11H,5-7,9H2. The fraction of sp³-hybridized carbons (Fsp3) is 0.333. The average Bonchev–Trinajstić information content (AvgIpc) is 3.15. The first-order valence-corrected chi connectivity index (χ1v) is 7.95. The molecule has 0 bridgehead atoms. The van der Waals surface area contributed by atoms with E-state index in [1.807, 2.05) is 22.4 Å². The quantitative estimate of drug-likeness (QED) is 0.845. The predicted octanol–water partition coefficient (Wildman–Crippen LogP) is 3.64. The fourth-order valence-corrected chi connectivity index (χ4v) is 3.04. The normalized spacial score (nSPS) is 14.2. The summed E-state index contributed by atoms with van der Waals surface area (Å²) in [5.74, 6) is 0.0367. The summed E-state index contributed by atoms with van der Waals surface area (Å²) in [7, 11) is 0. The zero-order chi connectivity index (χ0) is 13.9. The van der Waals surface area contributed by atoms with Crippen LogP contribution < -0.4 is 0 Å². The van der Waals surface area contributed by atoms with Gasteiger partial charge in [-0.25, -0.2) is 4.98 Å². The van der Waals surface area contributed by atoms with Crippen LogP contribution in [0.3, 0.4) is 0 Å². The van der Waals surface area contributed by atoms with Crippen molar-refractivity contribution >= 4 is 28.8 Å². The lowest BCUT2D eigenvalue weighted by Gasteiger charge is -2.22. The maximum atomic E-state index is 12.6. The van der Waals surface area contributed by atoms with Crippen LogP contribution in [0.4, 0.5) is 0 Å². The predicted molar refractivity (Wildman–Crippen MR) is 81.3 cm³/mol. The zero-order valence-corrected chi connectivity index (χ0v) is 12.5. The molecule has 0 radical (unpaired) electrons. The van der Waals surface area contributed by atoms with Crippen LogP contribution in [-0.2, 0) is 6.42 Å². The minimum Gasteiger partial charge on any atom is -0.335 e. The van der Waals surface area contributed by atoms with Crippen molar-refractivity contribution in [2.75, 3.05) is 6.54 Å². The van der Waals surface area contributed by atoms with E-state index in [2.05, 4.69) is 4.98 Å². The molecule has 104 valence electrons. The molecule has 0 N–H and O–H groups in total. The second kappa shape index (κ2) is 5.94. The Morgan fingerprint density at radius 3 is 2.85 bits per heavy atom. The van der Waals surface area contributed by atoms with Crippen molar-refractivity contribution in [2.24, 2.45) is 0 Å². The molecular formula is C15H15ClN2OS. The van der Waals surface area contributed by atoms with E-state index in [1.165, 1.54) is 0 Å². The third-order valence-electron chi connectivity index (χ3n) is 3.40. The van der Waals surface area contributed by atoms with Crippen LogP contribution in [0.2, 0.25) is 5.02 Å². The van der Waals surface area contributed by atoms with Crippen LogP contribution in [0, 0.1) is 0 Å². The summed E-state index contributed by atoms with van der Waals surface area (Å²) >= 11 is 7.76. The Morgan fingerprint density at radius 2 is 2.20 bits per heavy atom. The van der Waals surface area contributed by atoms with Crippen LogP contribution in [-0.4, -0.2) is 28.4 Å². The molecule has 1 heterocycles. The molecule has 0 aliphatic heterocycles. The molecule has 1 aromatic carbocycles. The Hall–Kier alpha value is -1.39. The minimum atomic E-state index is 0.0367. The molecule has 3 rings (SSSR count). The number of thiazole rings is 1. The Labute approximate surface area is 127 Å². The van der Waals surface area contributed by atoms with E-state index >= 15 is 0 Å². The Balaban J connectivity index is 1.73. The SMILES string of the molecule is O=C(c1ccccc1Cl)N(CCc1nccs1)C1CC1. The summed E-state index contributed by atoms with van der Waals surface area (Å²) in [6, 6.07) is 7.63. The lowest BCUT2D eigenvalue weighted by atomic mass is 10.2. The van der Waals surface area contributed by atoms with Gasteiger partial charge in [-0.15, -0.1) is 11.3 Å². The molecule has 1 amide bonds. The van der Waals surface area contributed by atoms with E-state index in [1.54, 1.807) is 29.7 Å². The van der Waals surface area contributed by atoms with Crippen LogP contribution in [0.25, 0.3) is 0 Å². The summed E-state index contributed by atoms with van der Waals surface area (Å²) in [6.45, 7) is 0.711. The molecule has 2 aromatic rings. The maximum absolute atomic E-state index is 12.6. The number of rotatable bonds is 5. The smallest absolute Gasteiger partial charge is 0.255 e. The topological polar surface area (TPSA) is 33.2 Å². The van der Waals surface area contributed by atoms with Crippen molar-refractivity contribution in [1.29, 1.82) is 0 Å². The molecular weight excluding hydrogens is 292 g/mol. The van der Waals surface area contributed by atoms with E-state index in [4.69, 9.17) is 11.6 Å². The molecule has 5 heteroatoms. The average molecular weight is 307 g/mol. The molecule has 1 saturated carbocycles. The van der Waals surface area contributed by atoms with Gasteiger partial charge >= 0.3 is 0 Å². The van der Waals surface area contributed by atoms with Gasteiger partial charge < -0.3 is 4.90 Å². The minimum absolute atomic E-state index is 0.0367. The molecule has 20 heavy (non-hydrogen) atoms. The zero-order valence-electron chi connectivity index (χ0n) is 11.0. The highest BCUT2D eigenvalue weighted by molar-refractivity contribution is 7.09. The molecule has 3 nitrogen and oxygen atoms in total. The number of hydrogen-bond donors (Lipinski definition) is 0. The van der Waals surface area contributed by atoms with Crippen molar-refractivity contribution in [3.8, 4) is 0 Å². The highest BCUT2D eigenvalue weighted by Crippen LogP contribution is 2.30. The first-order chi connectivity index (χ1) is 9.75. The van der Waals surface area contributed by atoms with Gasteiger partial charge in [0.25, 0.3) is 5.91 Å². The van der Waals surface area contributed by atoms with Crippen molar-refractivity contribution in [2.45, 2.75) is 25.3 Å². The Morgan fingerprint density at radius 1 is 1.40 bits per heavy atom. The molecule has 0 saturated heterocycles. The van der Waals surface area contributed by atoms with E-state index in [9.17, 15) is 4.79 Å². The monoisotopic (exact) mass is 306 g/mol. The van der Waals surface area contributed by atoms with Gasteiger partial charge in [0, 0.05) is 30.6 Å². The second-order valence-electron chi connectivity index (χ2n) is 4.89. The summed E-state index contributed by atoms with van der Waals surface area (Å²) in [5.41, 5.74) is 0.597. The number of amides is 1. The Bertz CT molecular complexity index is 596. The van der Waals surface area contributed by atoms with Crippen molar-refractivity contribution in [3.05, 3.63) is 51.4 Å². The molecule has 1 aliphatic rings. The second-order valence-corrected chi connectivity index (χ2v) is 6.27. The maximum Gasteiger partial charge on any atom is 0.255 e. The number of carbonyl (C=O) groups excluding carboxylic acids is 1. The Kier molecular flexibility index (Phi) is 4.03. The van der Waals surface area contributed by atoms with Crippen LogP contribution in [0.15, 0.2) is 35.8 Å². The third kappa shape index (κ3) is 3.02. The molecule has 0 spiro atoms. The van der Waals surface area contributed by atoms with Gasteiger partial charge in [0.15, 0.2) is 0 Å². The first-order valence-electron chi connectivity index (χ1n) is 6.69. The number of nitrogens with zero attached hydrogens (tertiary/aromatic N) is 2. The highest BCUT2D eigenvalue weighted by Gasteiger charge is 2.33. The molecule has 1 aromatic heterocycles. The fourth-order valence-electron chi connectivity index (χ4n) is 2.22. The van der Waals surface area contributed by atoms with Gasteiger partial charge in [-0.05, 0) is 25.0 Å². The molecule has 1 aliphatic carbocycles. The largest absolute Gasteiger partial charge is 0.335 e. The van der Waals surface area contributed by atoms with Gasteiger partial charge in [0.05, 0.1) is 15.6 Å². The van der Waals surface area contributed by atoms with E-state index < -0.39 is 0 Å². The van der Waals surface area contributed by atoms with Gasteiger partial charge in [-0.3, -0.25) is 4.79 Å². The van der Waals surface area contributed by atoms with Crippen LogP contribution >= 0.6 is 22.9 Å². The van der Waals surface area contributed by atoms with Gasteiger partial charge in [-0.2, -0.15) is 0 Å². The summed E-state index contributed by atoms with van der Waals surface area (Å²) < 4.78 is 0. The lowest BCUT2D eigenvalue weighted by Crippen LogP contribution is -2.35. The summed E-state index contributed by atoms with van der Waals surface area (Å²) in [5, 5.41) is 3.56. The van der Waals surface area contributed by atoms with E-state index in [-0.39, 0.29) is 5.91 Å². The van der Waals surface area contributed by atoms with Gasteiger partial charge in [-0.1, -0.05) is 23.7 Å². The van der Waals surface area contributed by atoms with Crippen LogP contribution in [0.1, 0.15) is 28.2 Å². The molecule has 0 atom stereocenters. The highest BCUT2D eigenvalue weighted by atomic mass is 35.5. The summed E-state index contributed by atoms with van der Waals surface area (Å²) in [6.07, 6.45) is 4.80. The molecule has 0 unspecified atom stereocenters. The van der Waals surface area contributed by atoms with Gasteiger partial charge in [0.1, 0.15) is 0 Å². The third-order valence-corrected chi connectivity index (χ3v) is 4.57. The summed E-state index contributed by atoms with van der Waals surface area (Å²) in [4.78, 5) is 18.9. The van der Waals surface area contributed by atoms with E-state index in [0.717, 1.165) is 24.3 Å². The van der Waals surface area contributed by atoms with Crippen molar-refractivity contribution in [3.63, 3.8) is 0 Å². The van der Waals surface area contributed by atoms with Crippen LogP contribution in [0.5, 0.6) is 0 Å². The van der Waals surface area contributed by atoms with Crippen molar-refractivity contribution in [1.82, 2.24) is 9.88 Å². The molecule has 1 fully saturated rings. The van der Waals surface area contributed by atoms with Crippen molar-refractivity contribution < 1.29 is 4.79 Å². The van der Waals surface area contributed by atoms with Gasteiger partial charge in [0.2, 0.25) is 0 Å². The lowest BCUT2D eigenvalue weighted by molar-refractivity contribution is 0.0745. The first kappa shape index (κ1) is 13.6. The van der Waals surface area contributed by atoms with E-state index in [0.29, 0.717) is 23.2 Å². The number of hydrogen-bond acceptors (Lipinski definition) is 3. The number of carbonyl (C=O) groups is 1. The number of benzene rings is 1.